The molecule has 3 rings (SSSR count). The Kier molecular flexibility index (Phi) is 4.84. The molecular weight excluding hydrogens is 314 g/mol. The minimum absolute atomic E-state index is 0.230. The zero-order valence-corrected chi connectivity index (χ0v) is 14.6. The van der Waals surface area contributed by atoms with E-state index in [4.69, 9.17) is 4.74 Å². The summed E-state index contributed by atoms with van der Waals surface area (Å²) in [5.74, 6) is 0.576. The van der Waals surface area contributed by atoms with Crippen LogP contribution >= 0.6 is 0 Å². The van der Waals surface area contributed by atoms with Crippen molar-refractivity contribution in [2.24, 2.45) is 0 Å². The van der Waals surface area contributed by atoms with E-state index in [2.05, 4.69) is 10.4 Å². The van der Waals surface area contributed by atoms with Gasteiger partial charge in [-0.1, -0.05) is 36.4 Å². The number of aryl methyl sites for hydroxylation is 3. The predicted octanol–water partition coefficient (Wildman–Crippen LogP) is 4.10. The van der Waals surface area contributed by atoms with Gasteiger partial charge in [-0.15, -0.1) is 0 Å². The third-order valence-electron chi connectivity index (χ3n) is 4.04. The Hall–Kier alpha value is -3.08. The first-order chi connectivity index (χ1) is 12.0. The van der Waals surface area contributed by atoms with E-state index in [1.807, 2.05) is 63.2 Å². The van der Waals surface area contributed by atoms with Crippen LogP contribution in [-0.4, -0.2) is 15.7 Å². The molecule has 0 saturated carbocycles. The van der Waals surface area contributed by atoms with E-state index in [9.17, 15) is 4.79 Å². The van der Waals surface area contributed by atoms with E-state index in [1.54, 1.807) is 16.9 Å². The molecule has 0 bridgehead atoms. The van der Waals surface area contributed by atoms with E-state index < -0.39 is 0 Å². The minimum Gasteiger partial charge on any atom is -0.471 e. The Morgan fingerprint density at radius 1 is 1.00 bits per heavy atom. The van der Waals surface area contributed by atoms with Crippen molar-refractivity contribution in [3.05, 3.63) is 77.1 Å². The molecule has 0 fully saturated rings. The Morgan fingerprint density at radius 3 is 2.40 bits per heavy atom. The van der Waals surface area contributed by atoms with E-state index in [1.165, 1.54) is 0 Å². The summed E-state index contributed by atoms with van der Waals surface area (Å²) in [5.41, 5.74) is 4.29. The number of hydrogen-bond acceptors (Lipinski definition) is 3. The minimum atomic E-state index is -0.230. The van der Waals surface area contributed by atoms with Crippen LogP contribution in [0.15, 0.2) is 54.7 Å². The monoisotopic (exact) mass is 335 g/mol. The largest absolute Gasteiger partial charge is 0.471 e. The summed E-state index contributed by atoms with van der Waals surface area (Å²) in [5, 5.41) is 7.23. The normalized spacial score (nSPS) is 10.5. The number of anilines is 1. The molecule has 0 spiro atoms. The molecule has 2 aromatic carbocycles. The number of amides is 1. The SMILES string of the molecule is Cc1ccccc1OCn1ccc(C(=O)Nc2c(C)cccc2C)n1. The molecule has 1 heterocycles. The Bertz CT molecular complexity index is 879. The maximum atomic E-state index is 12.4. The van der Waals surface area contributed by atoms with Gasteiger partial charge >= 0.3 is 0 Å². The lowest BCUT2D eigenvalue weighted by Crippen LogP contribution is -2.15. The lowest BCUT2D eigenvalue weighted by atomic mass is 10.1. The van der Waals surface area contributed by atoms with Crippen LogP contribution in [-0.2, 0) is 6.73 Å². The van der Waals surface area contributed by atoms with Gasteiger partial charge in [0.25, 0.3) is 5.91 Å². The molecule has 128 valence electrons. The summed E-state index contributed by atoms with van der Waals surface area (Å²) in [6, 6.07) is 15.4. The molecule has 5 heteroatoms. The van der Waals surface area contributed by atoms with Crippen molar-refractivity contribution in [1.29, 1.82) is 0 Å². The number of ether oxygens (including phenoxy) is 1. The Labute approximate surface area is 147 Å². The lowest BCUT2D eigenvalue weighted by Gasteiger charge is -2.10. The predicted molar refractivity (Wildman–Crippen MR) is 97.9 cm³/mol. The molecule has 1 aromatic heterocycles. The molecule has 5 nitrogen and oxygen atoms in total. The first kappa shape index (κ1) is 16.8. The molecule has 0 radical (unpaired) electrons. The molecule has 3 aromatic rings. The smallest absolute Gasteiger partial charge is 0.276 e. The molecule has 0 unspecified atom stereocenters. The van der Waals surface area contributed by atoms with Crippen LogP contribution in [0.4, 0.5) is 5.69 Å². The van der Waals surface area contributed by atoms with Crippen LogP contribution in [0.25, 0.3) is 0 Å². The van der Waals surface area contributed by atoms with Crippen LogP contribution < -0.4 is 10.1 Å². The second kappa shape index (κ2) is 7.21. The molecule has 0 saturated heterocycles. The Balaban J connectivity index is 1.67. The van der Waals surface area contributed by atoms with E-state index in [0.717, 1.165) is 28.1 Å². The van der Waals surface area contributed by atoms with Crippen molar-refractivity contribution < 1.29 is 9.53 Å². The second-order valence-electron chi connectivity index (χ2n) is 6.00. The highest BCUT2D eigenvalue weighted by atomic mass is 16.5. The van der Waals surface area contributed by atoms with E-state index in [-0.39, 0.29) is 12.6 Å². The van der Waals surface area contributed by atoms with E-state index >= 15 is 0 Å². The molecular formula is C20H21N3O2. The highest BCUT2D eigenvalue weighted by Gasteiger charge is 2.12. The molecule has 1 amide bonds. The van der Waals surface area contributed by atoms with Crippen molar-refractivity contribution in [2.75, 3.05) is 5.32 Å². The van der Waals surface area contributed by atoms with Crippen LogP contribution in [0.2, 0.25) is 0 Å². The van der Waals surface area contributed by atoms with Gasteiger partial charge in [0, 0.05) is 11.9 Å². The molecule has 0 aliphatic heterocycles. The van der Waals surface area contributed by atoms with Crippen molar-refractivity contribution in [2.45, 2.75) is 27.5 Å². The number of carbonyl (C=O) groups excluding carboxylic acids is 1. The number of benzene rings is 2. The summed E-state index contributed by atoms with van der Waals surface area (Å²) in [7, 11) is 0. The number of nitrogens with one attached hydrogen (secondary N) is 1. The van der Waals surface area contributed by atoms with Gasteiger partial charge < -0.3 is 10.1 Å². The number of para-hydroxylation sites is 2. The first-order valence-electron chi connectivity index (χ1n) is 8.14. The van der Waals surface area contributed by atoms with Gasteiger partial charge in [-0.2, -0.15) is 5.10 Å². The molecule has 0 aliphatic rings. The lowest BCUT2D eigenvalue weighted by molar-refractivity contribution is 0.102. The fourth-order valence-electron chi connectivity index (χ4n) is 2.60. The maximum Gasteiger partial charge on any atom is 0.276 e. The fraction of sp³-hybridized carbons (Fsp3) is 0.200. The number of nitrogens with zero attached hydrogens (tertiary/aromatic N) is 2. The van der Waals surface area contributed by atoms with Crippen molar-refractivity contribution >= 4 is 11.6 Å². The van der Waals surface area contributed by atoms with Gasteiger partial charge in [0.15, 0.2) is 12.4 Å². The van der Waals surface area contributed by atoms with Gasteiger partial charge in [0.2, 0.25) is 0 Å². The first-order valence-corrected chi connectivity index (χ1v) is 8.14. The topological polar surface area (TPSA) is 56.1 Å². The molecule has 25 heavy (non-hydrogen) atoms. The number of carbonyl (C=O) groups is 1. The summed E-state index contributed by atoms with van der Waals surface area (Å²) in [6.45, 7) is 6.18. The zero-order valence-electron chi connectivity index (χ0n) is 14.6. The van der Waals surface area contributed by atoms with E-state index in [0.29, 0.717) is 5.69 Å². The third kappa shape index (κ3) is 3.88. The Morgan fingerprint density at radius 2 is 1.68 bits per heavy atom. The van der Waals surface area contributed by atoms with Gasteiger partial charge in [0.1, 0.15) is 5.75 Å². The number of aromatic nitrogens is 2. The van der Waals surface area contributed by atoms with Crippen molar-refractivity contribution in [1.82, 2.24) is 9.78 Å². The summed E-state index contributed by atoms with van der Waals surface area (Å²) >= 11 is 0. The van der Waals surface area contributed by atoms with Gasteiger partial charge in [0.05, 0.1) is 0 Å². The summed E-state index contributed by atoms with van der Waals surface area (Å²) < 4.78 is 7.34. The average molecular weight is 335 g/mol. The van der Waals surface area contributed by atoms with Crippen LogP contribution in [0.3, 0.4) is 0 Å². The fourth-order valence-corrected chi connectivity index (χ4v) is 2.60. The highest BCUT2D eigenvalue weighted by Crippen LogP contribution is 2.20. The molecule has 0 aliphatic carbocycles. The second-order valence-corrected chi connectivity index (χ2v) is 6.00. The quantitative estimate of drug-likeness (QED) is 0.764. The average Bonchev–Trinajstić information content (AvgIpc) is 3.06. The van der Waals surface area contributed by atoms with Crippen LogP contribution in [0.1, 0.15) is 27.2 Å². The highest BCUT2D eigenvalue weighted by molar-refractivity contribution is 6.03. The standard InChI is InChI=1S/C20H21N3O2/c1-14-7-4-5-10-18(14)25-13-23-12-11-17(22-23)20(24)21-19-15(2)8-6-9-16(19)3/h4-12H,13H2,1-3H3,(H,21,24). The summed E-state index contributed by atoms with van der Waals surface area (Å²) in [4.78, 5) is 12.4. The van der Waals surface area contributed by atoms with Crippen LogP contribution in [0, 0.1) is 20.8 Å². The van der Waals surface area contributed by atoms with Gasteiger partial charge in [-0.25, -0.2) is 4.68 Å². The van der Waals surface area contributed by atoms with Gasteiger partial charge in [-0.05, 0) is 49.6 Å². The molecule has 0 atom stereocenters. The number of rotatable bonds is 5. The van der Waals surface area contributed by atoms with Gasteiger partial charge in [-0.3, -0.25) is 4.79 Å². The van der Waals surface area contributed by atoms with Crippen molar-refractivity contribution in [3.8, 4) is 5.75 Å². The van der Waals surface area contributed by atoms with Crippen LogP contribution in [0.5, 0.6) is 5.75 Å². The maximum absolute atomic E-state index is 12.4. The third-order valence-corrected chi connectivity index (χ3v) is 4.04. The zero-order chi connectivity index (χ0) is 17.8. The molecule has 1 N–H and O–H groups in total. The van der Waals surface area contributed by atoms with Crippen molar-refractivity contribution in [3.63, 3.8) is 0 Å². The summed E-state index contributed by atoms with van der Waals surface area (Å²) in [6.07, 6.45) is 1.73. The number of hydrogen-bond donors (Lipinski definition) is 1.